The van der Waals surface area contributed by atoms with E-state index < -0.39 is 18.2 Å². The summed E-state index contributed by atoms with van der Waals surface area (Å²) in [6, 6.07) is -0.701. The molecule has 3 N–H and O–H groups in total. The zero-order valence-electron chi connectivity index (χ0n) is 39.4. The highest BCUT2D eigenvalue weighted by Gasteiger charge is 2.24. The van der Waals surface area contributed by atoms with Crippen molar-refractivity contribution in [1.82, 2.24) is 5.32 Å². The van der Waals surface area contributed by atoms with Gasteiger partial charge in [-0.05, 0) is 51.4 Å². The van der Waals surface area contributed by atoms with Crippen LogP contribution >= 0.6 is 0 Å². The molecule has 59 heavy (non-hydrogen) atoms. The Kier molecular flexibility index (Phi) is 45.6. The second-order valence-corrected chi connectivity index (χ2v) is 17.6. The SMILES string of the molecule is CCCCCCC/C=C/C=C/C=C/CCCCCCCC(=O)OC(CCCCCCCCCCCCC)CC(=O)NC(CO)C(O)CCCCCCCCCCCCC. The van der Waals surface area contributed by atoms with Crippen LogP contribution in [0.3, 0.4) is 0 Å². The number of esters is 1. The van der Waals surface area contributed by atoms with Crippen molar-refractivity contribution in [3.63, 3.8) is 0 Å². The third-order valence-corrected chi connectivity index (χ3v) is 11.8. The molecule has 0 aromatic rings. The predicted octanol–water partition coefficient (Wildman–Crippen LogP) is 15.3. The number of unbranched alkanes of at least 4 members (excludes halogenated alkanes) is 30. The molecule has 0 saturated heterocycles. The topological polar surface area (TPSA) is 95.9 Å². The van der Waals surface area contributed by atoms with Crippen LogP contribution in [-0.2, 0) is 14.3 Å². The van der Waals surface area contributed by atoms with E-state index in [-0.39, 0.29) is 24.9 Å². The summed E-state index contributed by atoms with van der Waals surface area (Å²) in [6.07, 6.45) is 54.8. The van der Waals surface area contributed by atoms with Crippen LogP contribution in [-0.4, -0.2) is 46.9 Å². The normalized spacial score (nSPS) is 13.5. The van der Waals surface area contributed by atoms with Crippen molar-refractivity contribution >= 4 is 11.9 Å². The molecule has 1 amide bonds. The summed E-state index contributed by atoms with van der Waals surface area (Å²) >= 11 is 0. The second-order valence-electron chi connectivity index (χ2n) is 17.6. The van der Waals surface area contributed by atoms with Gasteiger partial charge in [-0.2, -0.15) is 0 Å². The van der Waals surface area contributed by atoms with Crippen LogP contribution in [0.4, 0.5) is 0 Å². The van der Waals surface area contributed by atoms with Gasteiger partial charge in [-0.15, -0.1) is 0 Å². The number of nitrogens with one attached hydrogen (secondary N) is 1. The maximum absolute atomic E-state index is 13.2. The number of hydrogen-bond acceptors (Lipinski definition) is 5. The molecule has 3 atom stereocenters. The number of carbonyl (C=O) groups is 2. The molecule has 0 radical (unpaired) electrons. The lowest BCUT2D eigenvalue weighted by molar-refractivity contribution is -0.151. The van der Waals surface area contributed by atoms with E-state index in [1.807, 2.05) is 0 Å². The minimum Gasteiger partial charge on any atom is -0.462 e. The Morgan fingerprint density at radius 3 is 1.29 bits per heavy atom. The van der Waals surface area contributed by atoms with Gasteiger partial charge in [-0.25, -0.2) is 0 Å². The van der Waals surface area contributed by atoms with Crippen molar-refractivity contribution in [2.45, 2.75) is 283 Å². The van der Waals surface area contributed by atoms with Gasteiger partial charge in [0.25, 0.3) is 0 Å². The summed E-state index contributed by atoms with van der Waals surface area (Å²) in [6.45, 7) is 6.46. The molecule has 0 spiro atoms. The highest BCUT2D eigenvalue weighted by Crippen LogP contribution is 2.18. The molecule has 0 aliphatic rings. The second kappa shape index (κ2) is 47.1. The van der Waals surface area contributed by atoms with E-state index in [0.29, 0.717) is 19.3 Å². The lowest BCUT2D eigenvalue weighted by Crippen LogP contribution is -2.46. The van der Waals surface area contributed by atoms with Crippen LogP contribution in [0, 0.1) is 0 Å². The summed E-state index contributed by atoms with van der Waals surface area (Å²) in [5.74, 6) is -0.488. The van der Waals surface area contributed by atoms with E-state index in [1.54, 1.807) is 0 Å². The number of aliphatic hydroxyl groups excluding tert-OH is 2. The molecule has 6 nitrogen and oxygen atoms in total. The standard InChI is InChI=1S/C53H99NO5/c1-4-7-10-13-16-19-22-23-24-25-26-27-28-31-34-37-40-43-46-53(58)59-49(44-41-38-35-32-29-20-17-14-11-8-5-2)47-52(57)54-50(48-55)51(56)45-42-39-36-33-30-21-18-15-12-9-6-3/h22-27,49-51,55-56H,4-21,28-48H2,1-3H3,(H,54,57)/b23-22+,25-24+,27-26+. The maximum Gasteiger partial charge on any atom is 0.306 e. The summed E-state index contributed by atoms with van der Waals surface area (Å²) in [4.78, 5) is 26.1. The van der Waals surface area contributed by atoms with Gasteiger partial charge in [0, 0.05) is 6.42 Å². The van der Waals surface area contributed by atoms with E-state index >= 15 is 0 Å². The first kappa shape index (κ1) is 57.1. The van der Waals surface area contributed by atoms with Gasteiger partial charge in [0.1, 0.15) is 6.10 Å². The molecule has 0 saturated carbocycles. The largest absolute Gasteiger partial charge is 0.462 e. The number of amides is 1. The minimum absolute atomic E-state index is 0.0727. The summed E-state index contributed by atoms with van der Waals surface area (Å²) in [7, 11) is 0. The van der Waals surface area contributed by atoms with Crippen LogP contribution in [0.2, 0.25) is 0 Å². The predicted molar refractivity (Wildman–Crippen MR) is 255 cm³/mol. The molecule has 0 aliphatic carbocycles. The molecule has 0 rings (SSSR count). The number of rotatable bonds is 46. The summed E-state index contributed by atoms with van der Waals surface area (Å²) in [5, 5.41) is 23.7. The zero-order chi connectivity index (χ0) is 43.1. The number of hydrogen-bond donors (Lipinski definition) is 3. The van der Waals surface area contributed by atoms with Crippen molar-refractivity contribution < 1.29 is 24.5 Å². The number of carbonyl (C=O) groups excluding carboxylic acids is 2. The molecular formula is C53H99NO5. The molecule has 0 aromatic carbocycles. The van der Waals surface area contributed by atoms with E-state index in [9.17, 15) is 19.8 Å². The lowest BCUT2D eigenvalue weighted by Gasteiger charge is -2.24. The van der Waals surface area contributed by atoms with Crippen molar-refractivity contribution in [2.75, 3.05) is 6.61 Å². The first-order valence-corrected chi connectivity index (χ1v) is 25.7. The number of ether oxygens (including phenoxy) is 1. The Morgan fingerprint density at radius 1 is 0.492 bits per heavy atom. The van der Waals surface area contributed by atoms with Gasteiger partial charge in [0.15, 0.2) is 0 Å². The fraction of sp³-hybridized carbons (Fsp3) is 0.849. The third kappa shape index (κ3) is 42.6. The molecular weight excluding hydrogens is 731 g/mol. The zero-order valence-corrected chi connectivity index (χ0v) is 39.4. The third-order valence-electron chi connectivity index (χ3n) is 11.8. The van der Waals surface area contributed by atoms with Gasteiger partial charge in [-0.3, -0.25) is 9.59 Å². The quantitative estimate of drug-likeness (QED) is 0.0323. The highest BCUT2D eigenvalue weighted by atomic mass is 16.5. The van der Waals surface area contributed by atoms with Gasteiger partial charge < -0.3 is 20.3 Å². The van der Waals surface area contributed by atoms with Crippen molar-refractivity contribution in [1.29, 1.82) is 0 Å². The van der Waals surface area contributed by atoms with E-state index in [0.717, 1.165) is 70.6 Å². The Labute approximate surface area is 366 Å². The Hall–Kier alpha value is -1.92. The Morgan fingerprint density at radius 2 is 0.864 bits per heavy atom. The summed E-state index contributed by atoms with van der Waals surface area (Å²) < 4.78 is 5.92. The molecule has 346 valence electrons. The molecule has 0 aliphatic heterocycles. The molecule has 3 unspecified atom stereocenters. The molecule has 0 heterocycles. The average Bonchev–Trinajstić information content (AvgIpc) is 3.23. The molecule has 6 heteroatoms. The van der Waals surface area contributed by atoms with E-state index in [2.05, 4.69) is 62.5 Å². The first-order chi connectivity index (χ1) is 29.0. The van der Waals surface area contributed by atoms with Crippen LogP contribution in [0.1, 0.15) is 265 Å². The monoisotopic (exact) mass is 830 g/mol. The fourth-order valence-corrected chi connectivity index (χ4v) is 7.84. The van der Waals surface area contributed by atoms with Crippen LogP contribution in [0.25, 0.3) is 0 Å². The van der Waals surface area contributed by atoms with Crippen LogP contribution in [0.15, 0.2) is 36.5 Å². The lowest BCUT2D eigenvalue weighted by atomic mass is 10.0. The Bertz CT molecular complexity index is 977. The van der Waals surface area contributed by atoms with Crippen LogP contribution < -0.4 is 5.32 Å². The maximum atomic E-state index is 13.2. The Balaban J connectivity index is 4.55. The van der Waals surface area contributed by atoms with E-state index in [1.165, 1.54) is 148 Å². The molecule has 0 aromatic heterocycles. The van der Waals surface area contributed by atoms with Gasteiger partial charge in [0.2, 0.25) is 5.91 Å². The smallest absolute Gasteiger partial charge is 0.306 e. The average molecular weight is 830 g/mol. The number of aliphatic hydroxyl groups is 2. The van der Waals surface area contributed by atoms with Crippen LogP contribution in [0.5, 0.6) is 0 Å². The molecule has 0 fully saturated rings. The van der Waals surface area contributed by atoms with Gasteiger partial charge in [-0.1, -0.05) is 237 Å². The van der Waals surface area contributed by atoms with Crippen molar-refractivity contribution in [3.05, 3.63) is 36.5 Å². The minimum atomic E-state index is -0.787. The molecule has 0 bridgehead atoms. The number of allylic oxidation sites excluding steroid dienone is 6. The first-order valence-electron chi connectivity index (χ1n) is 25.7. The van der Waals surface area contributed by atoms with Crippen molar-refractivity contribution in [2.24, 2.45) is 0 Å². The van der Waals surface area contributed by atoms with Gasteiger partial charge >= 0.3 is 5.97 Å². The fourth-order valence-electron chi connectivity index (χ4n) is 7.84. The summed E-state index contributed by atoms with van der Waals surface area (Å²) in [5.41, 5.74) is 0. The van der Waals surface area contributed by atoms with E-state index in [4.69, 9.17) is 4.74 Å². The highest BCUT2D eigenvalue weighted by molar-refractivity contribution is 5.77. The van der Waals surface area contributed by atoms with Crippen molar-refractivity contribution in [3.8, 4) is 0 Å². The van der Waals surface area contributed by atoms with Gasteiger partial charge in [0.05, 0.1) is 25.2 Å².